The molecule has 0 atom stereocenters. The Bertz CT molecular complexity index is 637. The summed E-state index contributed by atoms with van der Waals surface area (Å²) in [6.07, 6.45) is 2.75. The first-order chi connectivity index (χ1) is 9.13. The Hall–Kier alpha value is -1.44. The molecule has 6 heteroatoms. The third kappa shape index (κ3) is 2.49. The molecule has 0 aliphatic carbocycles. The number of carbonyl (C=O) groups is 1. The van der Waals surface area contributed by atoms with Crippen LogP contribution in [-0.2, 0) is 20.0 Å². The molecule has 0 bridgehead atoms. The molecule has 0 saturated heterocycles. The van der Waals surface area contributed by atoms with Crippen molar-refractivity contribution in [2.24, 2.45) is 7.05 Å². The summed E-state index contributed by atoms with van der Waals surface area (Å²) < 4.78 is 2.74. The molecule has 0 fully saturated rings. The summed E-state index contributed by atoms with van der Waals surface area (Å²) in [6, 6.07) is 6.06. The first-order valence-corrected chi connectivity index (χ1v) is 7.14. The van der Waals surface area contributed by atoms with Gasteiger partial charge in [0, 0.05) is 28.9 Å². The van der Waals surface area contributed by atoms with Gasteiger partial charge in [0.2, 0.25) is 0 Å². The largest absolute Gasteiger partial charge is 0.332 e. The van der Waals surface area contributed by atoms with E-state index in [0.29, 0.717) is 6.54 Å². The van der Waals surface area contributed by atoms with Crippen LogP contribution >= 0.6 is 22.6 Å². The average Bonchev–Trinajstić information content (AvgIpc) is 2.79. The summed E-state index contributed by atoms with van der Waals surface area (Å²) >= 11 is 2.23. The second kappa shape index (κ2) is 4.92. The quantitative estimate of drug-likeness (QED) is 0.757. The number of rotatable bonds is 2. The Labute approximate surface area is 124 Å². The van der Waals surface area contributed by atoms with E-state index in [9.17, 15) is 4.79 Å². The maximum atomic E-state index is 12.4. The van der Waals surface area contributed by atoms with Crippen LogP contribution in [-0.4, -0.2) is 32.3 Å². The molecule has 0 radical (unpaired) electrons. The number of aromatic nitrogens is 3. The Balaban J connectivity index is 1.85. The molecule has 0 saturated carbocycles. The molecule has 5 nitrogen and oxygen atoms in total. The molecule has 1 aromatic heterocycles. The van der Waals surface area contributed by atoms with Crippen molar-refractivity contribution < 1.29 is 4.79 Å². The van der Waals surface area contributed by atoms with E-state index in [1.807, 2.05) is 30.3 Å². The van der Waals surface area contributed by atoms with Crippen LogP contribution in [0.3, 0.4) is 0 Å². The third-order valence-electron chi connectivity index (χ3n) is 3.24. The number of hydrogen-bond donors (Lipinski definition) is 0. The van der Waals surface area contributed by atoms with Gasteiger partial charge in [0.25, 0.3) is 5.91 Å². The van der Waals surface area contributed by atoms with Crippen LogP contribution in [0.4, 0.5) is 0 Å². The molecule has 1 aromatic carbocycles. The van der Waals surface area contributed by atoms with Crippen LogP contribution in [0.25, 0.3) is 0 Å². The van der Waals surface area contributed by atoms with Crippen molar-refractivity contribution in [3.8, 4) is 0 Å². The normalized spacial score (nSPS) is 14.6. The van der Waals surface area contributed by atoms with Crippen molar-refractivity contribution in [3.63, 3.8) is 0 Å². The molecule has 1 aliphatic heterocycles. The second-order valence-corrected chi connectivity index (χ2v) is 5.91. The number of fused-ring (bicyclic) bond motifs is 1. The van der Waals surface area contributed by atoms with Crippen molar-refractivity contribution in [2.45, 2.75) is 13.0 Å². The average molecular weight is 368 g/mol. The van der Waals surface area contributed by atoms with Gasteiger partial charge in [-0.3, -0.25) is 9.48 Å². The van der Waals surface area contributed by atoms with Gasteiger partial charge >= 0.3 is 0 Å². The molecule has 0 N–H and O–H groups in total. The number of carbonyl (C=O) groups excluding carboxylic acids is 1. The summed E-state index contributed by atoms with van der Waals surface area (Å²) in [6.45, 7) is 1.26. The molecule has 1 amide bonds. The number of aryl methyl sites for hydroxylation is 1. The van der Waals surface area contributed by atoms with Crippen molar-refractivity contribution in [3.05, 3.63) is 44.8 Å². The number of halogens is 1. The maximum absolute atomic E-state index is 12.4. The molecule has 1 aliphatic rings. The maximum Gasteiger partial charge on any atom is 0.254 e. The van der Waals surface area contributed by atoms with Crippen LogP contribution in [0.1, 0.15) is 21.6 Å². The fourth-order valence-electron chi connectivity index (χ4n) is 2.31. The van der Waals surface area contributed by atoms with Crippen molar-refractivity contribution in [2.75, 3.05) is 6.54 Å². The Morgan fingerprint density at radius 2 is 2.26 bits per heavy atom. The van der Waals surface area contributed by atoms with E-state index in [1.54, 1.807) is 4.68 Å². The summed E-state index contributed by atoms with van der Waals surface area (Å²) in [5, 5.41) is 7.93. The minimum atomic E-state index is 0.0884. The lowest BCUT2D eigenvalue weighted by Gasteiger charge is -2.27. The Kier molecular flexibility index (Phi) is 3.26. The summed E-state index contributed by atoms with van der Waals surface area (Å²) in [4.78, 5) is 14.3. The Morgan fingerprint density at radius 3 is 3.00 bits per heavy atom. The summed E-state index contributed by atoms with van der Waals surface area (Å²) in [7, 11) is 1.83. The van der Waals surface area contributed by atoms with E-state index in [2.05, 4.69) is 39.0 Å². The molecule has 2 aromatic rings. The predicted molar refractivity (Wildman–Crippen MR) is 78.6 cm³/mol. The highest BCUT2D eigenvalue weighted by atomic mass is 127. The molecule has 19 heavy (non-hydrogen) atoms. The van der Waals surface area contributed by atoms with E-state index in [1.165, 1.54) is 0 Å². The van der Waals surface area contributed by atoms with Gasteiger partial charge in [0.1, 0.15) is 5.69 Å². The zero-order valence-electron chi connectivity index (χ0n) is 10.5. The van der Waals surface area contributed by atoms with Crippen LogP contribution < -0.4 is 0 Å². The lowest BCUT2D eigenvalue weighted by molar-refractivity contribution is 0.0725. The van der Waals surface area contributed by atoms with Gasteiger partial charge in [-0.2, -0.15) is 0 Å². The van der Waals surface area contributed by atoms with Gasteiger partial charge in [0.05, 0.1) is 6.54 Å². The van der Waals surface area contributed by atoms with Crippen molar-refractivity contribution >= 4 is 28.5 Å². The van der Waals surface area contributed by atoms with Crippen molar-refractivity contribution in [1.29, 1.82) is 0 Å². The van der Waals surface area contributed by atoms with E-state index in [4.69, 9.17) is 0 Å². The van der Waals surface area contributed by atoms with E-state index >= 15 is 0 Å². The van der Waals surface area contributed by atoms with Crippen LogP contribution in [0.5, 0.6) is 0 Å². The zero-order valence-corrected chi connectivity index (χ0v) is 12.7. The molecule has 0 unspecified atom stereocenters. The third-order valence-corrected chi connectivity index (χ3v) is 3.91. The van der Waals surface area contributed by atoms with Crippen LogP contribution in [0.15, 0.2) is 24.4 Å². The minimum absolute atomic E-state index is 0.0884. The topological polar surface area (TPSA) is 51.0 Å². The molecule has 98 valence electrons. The first-order valence-electron chi connectivity index (χ1n) is 6.06. The zero-order chi connectivity index (χ0) is 13.4. The summed E-state index contributed by atoms with van der Waals surface area (Å²) in [5.41, 5.74) is 2.78. The van der Waals surface area contributed by atoms with Gasteiger partial charge < -0.3 is 4.90 Å². The smallest absolute Gasteiger partial charge is 0.254 e. The molecule has 3 rings (SSSR count). The summed E-state index contributed by atoms with van der Waals surface area (Å²) in [5.74, 6) is 0.0884. The highest BCUT2D eigenvalue weighted by Crippen LogP contribution is 2.22. The highest BCUT2D eigenvalue weighted by molar-refractivity contribution is 14.1. The van der Waals surface area contributed by atoms with Gasteiger partial charge in [-0.05, 0) is 46.7 Å². The molecule has 0 spiro atoms. The van der Waals surface area contributed by atoms with Crippen molar-refractivity contribution in [1.82, 2.24) is 19.9 Å². The monoisotopic (exact) mass is 368 g/mol. The highest BCUT2D eigenvalue weighted by Gasteiger charge is 2.25. The van der Waals surface area contributed by atoms with Gasteiger partial charge in [-0.25, -0.2) is 0 Å². The second-order valence-electron chi connectivity index (χ2n) is 4.66. The standard InChI is InChI=1S/C13H13IN4O/c1-17-7-11(15-16-17)8-18-5-4-9-2-3-10(14)6-12(9)13(18)19/h2-3,6-7H,4-5,8H2,1H3. The minimum Gasteiger partial charge on any atom is -0.332 e. The van der Waals surface area contributed by atoms with Gasteiger partial charge in [-0.1, -0.05) is 11.3 Å². The molecular weight excluding hydrogens is 355 g/mol. The van der Waals surface area contributed by atoms with E-state index < -0.39 is 0 Å². The fraction of sp³-hybridized carbons (Fsp3) is 0.308. The van der Waals surface area contributed by atoms with Crippen LogP contribution in [0.2, 0.25) is 0 Å². The molecular formula is C13H13IN4O. The Morgan fingerprint density at radius 1 is 1.42 bits per heavy atom. The van der Waals surface area contributed by atoms with E-state index in [-0.39, 0.29) is 5.91 Å². The lowest BCUT2D eigenvalue weighted by Crippen LogP contribution is -2.37. The lowest BCUT2D eigenvalue weighted by atomic mass is 9.99. The predicted octanol–water partition coefficient (Wildman–Crippen LogP) is 1.62. The van der Waals surface area contributed by atoms with Gasteiger partial charge in [-0.15, -0.1) is 5.10 Å². The number of amides is 1. The number of benzene rings is 1. The fourth-order valence-corrected chi connectivity index (χ4v) is 2.80. The van der Waals surface area contributed by atoms with Crippen LogP contribution in [0, 0.1) is 3.57 Å². The first kappa shape index (κ1) is 12.6. The number of nitrogens with zero attached hydrogens (tertiary/aromatic N) is 4. The van der Waals surface area contributed by atoms with Gasteiger partial charge in [0.15, 0.2) is 0 Å². The molecule has 2 heterocycles. The number of hydrogen-bond acceptors (Lipinski definition) is 3. The van der Waals surface area contributed by atoms with E-state index in [0.717, 1.165) is 33.4 Å². The SMILES string of the molecule is Cn1cc(CN2CCc3ccc(I)cc3C2=O)nn1.